The maximum Gasteiger partial charge on any atom is 0.256 e. The fourth-order valence-electron chi connectivity index (χ4n) is 3.21. The number of aromatic nitrogens is 1. The second-order valence-electron chi connectivity index (χ2n) is 6.05. The van der Waals surface area contributed by atoms with E-state index in [1.54, 1.807) is 23.7 Å². The molecule has 0 radical (unpaired) electrons. The first-order valence-corrected chi connectivity index (χ1v) is 9.21. The third-order valence-electron chi connectivity index (χ3n) is 4.46. The van der Waals surface area contributed by atoms with E-state index in [0.717, 1.165) is 11.3 Å². The van der Waals surface area contributed by atoms with Gasteiger partial charge in [-0.3, -0.25) is 9.78 Å². The first-order chi connectivity index (χ1) is 13.0. The maximum absolute atomic E-state index is 13.0. The van der Waals surface area contributed by atoms with Crippen molar-refractivity contribution in [3.8, 4) is 5.75 Å². The predicted molar refractivity (Wildman–Crippen MR) is 105 cm³/mol. The quantitative estimate of drug-likeness (QED) is 0.603. The van der Waals surface area contributed by atoms with Gasteiger partial charge in [0.1, 0.15) is 5.76 Å². The highest BCUT2D eigenvalue weighted by atomic mass is 35.5. The SMILES string of the molecule is COc1ccc(C(=O)Nc2c(Cl)cncc2Cl)c2c3c(oc12)CN(Cl)CC3. The number of carbonyl (C=O) groups excluding carboxylic acids is 1. The number of nitrogens with zero attached hydrogens (tertiary/aromatic N) is 2. The van der Waals surface area contributed by atoms with Gasteiger partial charge in [0, 0.05) is 29.9 Å². The second kappa shape index (κ2) is 7.20. The van der Waals surface area contributed by atoms with E-state index in [2.05, 4.69) is 10.3 Å². The molecule has 1 N–H and O–H groups in total. The van der Waals surface area contributed by atoms with Gasteiger partial charge in [-0.2, -0.15) is 0 Å². The van der Waals surface area contributed by atoms with Crippen molar-refractivity contribution >= 4 is 57.5 Å². The molecular weight excluding hydrogens is 413 g/mol. The van der Waals surface area contributed by atoms with Crippen LogP contribution in [0.5, 0.6) is 5.75 Å². The number of nitrogens with one attached hydrogen (secondary N) is 1. The first-order valence-electron chi connectivity index (χ1n) is 8.12. The van der Waals surface area contributed by atoms with Crippen LogP contribution >= 0.6 is 35.0 Å². The minimum atomic E-state index is -0.352. The van der Waals surface area contributed by atoms with Gasteiger partial charge in [-0.1, -0.05) is 23.2 Å². The van der Waals surface area contributed by atoms with Gasteiger partial charge in [-0.05, 0) is 30.3 Å². The molecule has 27 heavy (non-hydrogen) atoms. The normalized spacial score (nSPS) is 14.2. The summed E-state index contributed by atoms with van der Waals surface area (Å²) in [5.74, 6) is 0.927. The molecule has 2 aromatic heterocycles. The number of methoxy groups -OCH3 is 1. The highest BCUT2D eigenvalue weighted by Crippen LogP contribution is 2.39. The van der Waals surface area contributed by atoms with Gasteiger partial charge in [-0.25, -0.2) is 4.42 Å². The Morgan fingerprint density at radius 3 is 2.74 bits per heavy atom. The zero-order valence-corrected chi connectivity index (χ0v) is 16.5. The number of carbonyl (C=O) groups is 1. The standard InChI is InChI=1S/C18H14Cl3N3O3/c1-26-13-3-2-10(18(25)23-16-11(19)6-22-7-12(16)20)15-9-4-5-24(21)8-14(9)27-17(13)15/h2-3,6-7H,4-5,8H2,1H3,(H,22,23,25). The number of hydrogen-bond donors (Lipinski definition) is 1. The summed E-state index contributed by atoms with van der Waals surface area (Å²) in [6.07, 6.45) is 3.50. The van der Waals surface area contributed by atoms with Gasteiger partial charge < -0.3 is 14.5 Å². The van der Waals surface area contributed by atoms with Crippen LogP contribution in [-0.4, -0.2) is 29.0 Å². The Morgan fingerprint density at radius 1 is 1.30 bits per heavy atom. The number of pyridine rings is 1. The van der Waals surface area contributed by atoms with E-state index in [0.29, 0.717) is 47.5 Å². The van der Waals surface area contributed by atoms with Crippen molar-refractivity contribution in [2.24, 2.45) is 0 Å². The number of ether oxygens (including phenoxy) is 1. The van der Waals surface area contributed by atoms with Gasteiger partial charge in [0.05, 0.1) is 35.0 Å². The van der Waals surface area contributed by atoms with Gasteiger partial charge >= 0.3 is 0 Å². The molecule has 3 aromatic rings. The lowest BCUT2D eigenvalue weighted by molar-refractivity contribution is 0.102. The molecule has 3 heterocycles. The molecule has 6 nitrogen and oxygen atoms in total. The monoisotopic (exact) mass is 425 g/mol. The van der Waals surface area contributed by atoms with Crippen LogP contribution in [0.15, 0.2) is 28.9 Å². The number of anilines is 1. The smallest absolute Gasteiger partial charge is 0.256 e. The molecule has 0 bridgehead atoms. The summed E-state index contributed by atoms with van der Waals surface area (Å²) < 4.78 is 13.0. The third kappa shape index (κ3) is 3.23. The molecule has 0 fully saturated rings. The van der Waals surface area contributed by atoms with Gasteiger partial charge in [0.2, 0.25) is 0 Å². The largest absolute Gasteiger partial charge is 0.493 e. The average Bonchev–Trinajstić information content (AvgIpc) is 3.02. The van der Waals surface area contributed by atoms with E-state index in [-0.39, 0.29) is 16.0 Å². The fraction of sp³-hybridized carbons (Fsp3) is 0.222. The molecule has 0 unspecified atom stereocenters. The summed E-state index contributed by atoms with van der Waals surface area (Å²) in [5.41, 5.74) is 2.24. The van der Waals surface area contributed by atoms with Crippen LogP contribution in [-0.2, 0) is 13.0 Å². The Hall–Kier alpha value is -1.99. The van der Waals surface area contributed by atoms with Crippen molar-refractivity contribution in [1.82, 2.24) is 9.40 Å². The maximum atomic E-state index is 13.0. The van der Waals surface area contributed by atoms with Crippen molar-refractivity contribution in [3.05, 3.63) is 51.5 Å². The Labute approximate surface area is 170 Å². The molecule has 0 atom stereocenters. The number of furan rings is 1. The van der Waals surface area contributed by atoms with Crippen molar-refractivity contribution < 1.29 is 13.9 Å². The lowest BCUT2D eigenvalue weighted by Gasteiger charge is -2.18. The first kappa shape index (κ1) is 18.4. The summed E-state index contributed by atoms with van der Waals surface area (Å²) in [6, 6.07) is 3.39. The Morgan fingerprint density at radius 2 is 2.04 bits per heavy atom. The van der Waals surface area contributed by atoms with Crippen molar-refractivity contribution in [2.45, 2.75) is 13.0 Å². The Kier molecular flexibility index (Phi) is 4.90. The van der Waals surface area contributed by atoms with E-state index in [4.69, 9.17) is 44.1 Å². The van der Waals surface area contributed by atoms with E-state index < -0.39 is 0 Å². The molecule has 0 spiro atoms. The summed E-state index contributed by atoms with van der Waals surface area (Å²) in [5, 5.41) is 4.00. The molecule has 1 aromatic carbocycles. The third-order valence-corrected chi connectivity index (χ3v) is 5.32. The fourth-order valence-corrected chi connectivity index (χ4v) is 3.86. The molecule has 1 aliphatic heterocycles. The van der Waals surface area contributed by atoms with Crippen LogP contribution in [0, 0.1) is 0 Å². The molecule has 9 heteroatoms. The summed E-state index contributed by atoms with van der Waals surface area (Å²) in [7, 11) is 1.56. The van der Waals surface area contributed by atoms with Crippen LogP contribution in [0.2, 0.25) is 10.0 Å². The predicted octanol–water partition coefficient (Wildman–Crippen LogP) is 4.91. The topological polar surface area (TPSA) is 67.6 Å². The number of benzene rings is 1. The van der Waals surface area contributed by atoms with Crippen molar-refractivity contribution in [3.63, 3.8) is 0 Å². The number of hydrogen-bond acceptors (Lipinski definition) is 5. The minimum absolute atomic E-state index is 0.257. The van der Waals surface area contributed by atoms with E-state index in [1.807, 2.05) is 0 Å². The average molecular weight is 427 g/mol. The van der Waals surface area contributed by atoms with Crippen LogP contribution in [0.25, 0.3) is 11.0 Å². The zero-order valence-electron chi connectivity index (χ0n) is 14.2. The molecule has 4 rings (SSSR count). The highest BCUT2D eigenvalue weighted by molar-refractivity contribution is 6.39. The summed E-state index contributed by atoms with van der Waals surface area (Å²) in [4.78, 5) is 16.9. The molecule has 140 valence electrons. The molecule has 0 saturated carbocycles. The molecule has 0 saturated heterocycles. The Balaban J connectivity index is 1.83. The lowest BCUT2D eigenvalue weighted by Crippen LogP contribution is -2.21. The molecule has 1 amide bonds. The number of fused-ring (bicyclic) bond motifs is 3. The van der Waals surface area contributed by atoms with Gasteiger partial charge in [-0.15, -0.1) is 0 Å². The molecular formula is C18H14Cl3N3O3. The van der Waals surface area contributed by atoms with Crippen molar-refractivity contribution in [2.75, 3.05) is 19.0 Å². The number of halogens is 3. The lowest BCUT2D eigenvalue weighted by atomic mass is 9.99. The highest BCUT2D eigenvalue weighted by Gasteiger charge is 2.27. The zero-order chi connectivity index (χ0) is 19.1. The number of rotatable bonds is 3. The Bertz CT molecular complexity index is 1030. The molecule has 1 aliphatic rings. The number of amides is 1. The van der Waals surface area contributed by atoms with Gasteiger partial charge in [0.15, 0.2) is 11.3 Å². The van der Waals surface area contributed by atoms with Crippen LogP contribution in [0.1, 0.15) is 21.7 Å². The van der Waals surface area contributed by atoms with Crippen LogP contribution in [0.4, 0.5) is 5.69 Å². The van der Waals surface area contributed by atoms with E-state index in [9.17, 15) is 4.79 Å². The van der Waals surface area contributed by atoms with Crippen LogP contribution < -0.4 is 10.1 Å². The second-order valence-corrected chi connectivity index (χ2v) is 7.34. The molecule has 0 aliphatic carbocycles. The van der Waals surface area contributed by atoms with Gasteiger partial charge in [0.25, 0.3) is 5.91 Å². The summed E-state index contributed by atoms with van der Waals surface area (Å²) in [6.45, 7) is 1.11. The van der Waals surface area contributed by atoms with E-state index >= 15 is 0 Å². The summed E-state index contributed by atoms with van der Waals surface area (Å²) >= 11 is 18.4. The van der Waals surface area contributed by atoms with Crippen LogP contribution in [0.3, 0.4) is 0 Å². The van der Waals surface area contributed by atoms with Crippen molar-refractivity contribution in [1.29, 1.82) is 0 Å². The van der Waals surface area contributed by atoms with E-state index in [1.165, 1.54) is 12.4 Å². The minimum Gasteiger partial charge on any atom is -0.493 e.